The number of carbonyl (C=O) groups excluding carboxylic acids is 1. The molecule has 0 amide bonds. The normalized spacial score (nSPS) is 11.0. The van der Waals surface area contributed by atoms with Gasteiger partial charge in [-0.3, -0.25) is 0 Å². The number of oxazole rings is 1. The lowest BCUT2D eigenvalue weighted by Crippen LogP contribution is -2.08. The summed E-state index contributed by atoms with van der Waals surface area (Å²) in [6.07, 6.45) is 1.64. The fourth-order valence-corrected chi connectivity index (χ4v) is 2.62. The lowest BCUT2D eigenvalue weighted by Gasteiger charge is -2.07. The van der Waals surface area contributed by atoms with Crippen LogP contribution in [-0.4, -0.2) is 15.5 Å². The molecule has 6 heteroatoms. The first-order valence-electron chi connectivity index (χ1n) is 7.75. The van der Waals surface area contributed by atoms with Crippen molar-refractivity contribution >= 4 is 5.97 Å². The van der Waals surface area contributed by atoms with Crippen molar-refractivity contribution in [3.05, 3.63) is 64.5 Å². The Morgan fingerprint density at radius 1 is 1.29 bits per heavy atom. The third kappa shape index (κ3) is 3.13. The van der Waals surface area contributed by atoms with Crippen LogP contribution in [0.4, 0.5) is 0 Å². The van der Waals surface area contributed by atoms with Gasteiger partial charge in [0.1, 0.15) is 11.5 Å². The van der Waals surface area contributed by atoms with Crippen LogP contribution in [0.3, 0.4) is 0 Å². The molecule has 0 atom stereocenters. The number of hydrogen-bond donors (Lipinski definition) is 0. The summed E-state index contributed by atoms with van der Waals surface area (Å²) in [6.45, 7) is 8.13. The molecule has 126 valence electrons. The van der Waals surface area contributed by atoms with Crippen molar-refractivity contribution < 1.29 is 18.4 Å². The van der Waals surface area contributed by atoms with E-state index in [1.807, 2.05) is 50.5 Å². The number of aromatic nitrogens is 2. The summed E-state index contributed by atoms with van der Waals surface area (Å²) < 4.78 is 18.2. The van der Waals surface area contributed by atoms with Gasteiger partial charge < -0.3 is 18.1 Å². The maximum atomic E-state index is 12.4. The summed E-state index contributed by atoms with van der Waals surface area (Å²) >= 11 is 0. The Hall–Kier alpha value is -2.76. The molecule has 0 bridgehead atoms. The van der Waals surface area contributed by atoms with Gasteiger partial charge >= 0.3 is 5.97 Å². The van der Waals surface area contributed by atoms with Crippen LogP contribution >= 0.6 is 0 Å². The van der Waals surface area contributed by atoms with Crippen LogP contribution < -0.4 is 0 Å². The highest BCUT2D eigenvalue weighted by molar-refractivity contribution is 5.91. The Kier molecular flexibility index (Phi) is 4.29. The van der Waals surface area contributed by atoms with Crippen molar-refractivity contribution in [2.45, 2.75) is 40.8 Å². The number of esters is 1. The number of aryl methyl sites for hydroxylation is 3. The zero-order chi connectivity index (χ0) is 17.3. The largest absolute Gasteiger partial charge is 0.467 e. The number of ether oxygens (including phenoxy) is 1. The van der Waals surface area contributed by atoms with E-state index >= 15 is 0 Å². The number of rotatable bonds is 5. The minimum atomic E-state index is -0.387. The van der Waals surface area contributed by atoms with Gasteiger partial charge in [-0.2, -0.15) is 0 Å². The van der Waals surface area contributed by atoms with Gasteiger partial charge in [0.15, 0.2) is 6.61 Å². The summed E-state index contributed by atoms with van der Waals surface area (Å²) in [7, 11) is 0. The van der Waals surface area contributed by atoms with Crippen molar-refractivity contribution in [3.8, 4) is 0 Å². The quantitative estimate of drug-likeness (QED) is 0.668. The van der Waals surface area contributed by atoms with E-state index in [1.165, 1.54) is 0 Å². The van der Waals surface area contributed by atoms with Gasteiger partial charge in [-0.1, -0.05) is 0 Å². The van der Waals surface area contributed by atoms with E-state index in [0.717, 1.165) is 28.6 Å². The predicted molar refractivity (Wildman–Crippen MR) is 86.8 cm³/mol. The van der Waals surface area contributed by atoms with Gasteiger partial charge in [-0.15, -0.1) is 0 Å². The van der Waals surface area contributed by atoms with Crippen molar-refractivity contribution in [1.82, 2.24) is 9.55 Å². The first-order chi connectivity index (χ1) is 11.5. The second-order valence-corrected chi connectivity index (χ2v) is 5.78. The average molecular weight is 328 g/mol. The molecule has 3 heterocycles. The van der Waals surface area contributed by atoms with Gasteiger partial charge in [0.25, 0.3) is 0 Å². The van der Waals surface area contributed by atoms with Crippen LogP contribution in [0, 0.1) is 27.7 Å². The molecule has 0 fully saturated rings. The smallest absolute Gasteiger partial charge is 0.340 e. The van der Waals surface area contributed by atoms with Gasteiger partial charge in [-0.25, -0.2) is 9.78 Å². The Morgan fingerprint density at radius 2 is 2.08 bits per heavy atom. The average Bonchev–Trinajstić information content (AvgIpc) is 3.23. The molecule has 3 aromatic heterocycles. The van der Waals surface area contributed by atoms with Gasteiger partial charge in [0.2, 0.25) is 5.89 Å². The third-order valence-corrected chi connectivity index (χ3v) is 4.09. The number of carbonyl (C=O) groups is 1. The van der Waals surface area contributed by atoms with Crippen molar-refractivity contribution in [1.29, 1.82) is 0 Å². The summed E-state index contributed by atoms with van der Waals surface area (Å²) in [5.41, 5.74) is 3.16. The minimum Gasteiger partial charge on any atom is -0.467 e. The van der Waals surface area contributed by atoms with Crippen molar-refractivity contribution in [2.24, 2.45) is 0 Å². The topological polar surface area (TPSA) is 70.4 Å². The van der Waals surface area contributed by atoms with E-state index in [-0.39, 0.29) is 12.6 Å². The summed E-state index contributed by atoms with van der Waals surface area (Å²) in [6, 6.07) is 5.58. The molecule has 0 aliphatic heterocycles. The fourth-order valence-electron chi connectivity index (χ4n) is 2.62. The highest BCUT2D eigenvalue weighted by Crippen LogP contribution is 2.19. The molecule has 0 aliphatic carbocycles. The first-order valence-corrected chi connectivity index (χ1v) is 7.75. The van der Waals surface area contributed by atoms with Crippen LogP contribution in [0.2, 0.25) is 0 Å². The lowest BCUT2D eigenvalue weighted by molar-refractivity contribution is 0.0436. The maximum Gasteiger partial charge on any atom is 0.340 e. The van der Waals surface area contributed by atoms with Crippen LogP contribution in [-0.2, 0) is 17.9 Å². The molecule has 0 aliphatic rings. The molecule has 0 N–H and O–H groups in total. The van der Waals surface area contributed by atoms with E-state index in [2.05, 4.69) is 4.98 Å². The van der Waals surface area contributed by atoms with E-state index < -0.39 is 0 Å². The lowest BCUT2D eigenvalue weighted by atomic mass is 10.2. The molecular weight excluding hydrogens is 308 g/mol. The standard InChI is InChI=1S/C18H20N2O4/c1-11-8-16(13(3)20(11)9-15-6-5-7-22-15)18(21)23-10-17-19-12(2)14(4)24-17/h5-8H,9-10H2,1-4H3. The molecule has 0 radical (unpaired) electrons. The molecule has 0 saturated carbocycles. The molecule has 6 nitrogen and oxygen atoms in total. The summed E-state index contributed by atoms with van der Waals surface area (Å²) in [5, 5.41) is 0. The second-order valence-electron chi connectivity index (χ2n) is 5.78. The maximum absolute atomic E-state index is 12.4. The van der Waals surface area contributed by atoms with Crippen molar-refractivity contribution in [2.75, 3.05) is 0 Å². The van der Waals surface area contributed by atoms with Crippen LogP contribution in [0.1, 0.15) is 44.9 Å². The highest BCUT2D eigenvalue weighted by atomic mass is 16.5. The van der Waals surface area contributed by atoms with Gasteiger partial charge in [-0.05, 0) is 45.9 Å². The molecular formula is C18H20N2O4. The van der Waals surface area contributed by atoms with Crippen molar-refractivity contribution in [3.63, 3.8) is 0 Å². The zero-order valence-corrected chi connectivity index (χ0v) is 14.3. The van der Waals surface area contributed by atoms with Crippen LogP contribution in [0.15, 0.2) is 33.3 Å². The van der Waals surface area contributed by atoms with E-state index in [1.54, 1.807) is 6.26 Å². The Balaban J connectivity index is 1.73. The Morgan fingerprint density at radius 3 is 2.71 bits per heavy atom. The second kappa shape index (κ2) is 6.39. The molecule has 0 unspecified atom stereocenters. The molecule has 3 aromatic rings. The van der Waals surface area contributed by atoms with Crippen LogP contribution in [0.25, 0.3) is 0 Å². The third-order valence-electron chi connectivity index (χ3n) is 4.09. The molecule has 24 heavy (non-hydrogen) atoms. The Bertz CT molecular complexity index is 837. The number of hydrogen-bond acceptors (Lipinski definition) is 5. The monoisotopic (exact) mass is 328 g/mol. The Labute approximate surface area is 140 Å². The zero-order valence-electron chi connectivity index (χ0n) is 14.3. The fraction of sp³-hybridized carbons (Fsp3) is 0.333. The minimum absolute atomic E-state index is 0.0232. The van der Waals surface area contributed by atoms with Crippen LogP contribution in [0.5, 0.6) is 0 Å². The van der Waals surface area contributed by atoms with E-state index in [9.17, 15) is 4.79 Å². The summed E-state index contributed by atoms with van der Waals surface area (Å²) in [5.74, 6) is 1.59. The molecule has 0 aromatic carbocycles. The number of nitrogens with zero attached hydrogens (tertiary/aromatic N) is 2. The van der Waals surface area contributed by atoms with Gasteiger partial charge in [0.05, 0.1) is 24.1 Å². The van der Waals surface area contributed by atoms with Gasteiger partial charge in [0, 0.05) is 11.4 Å². The number of furan rings is 1. The summed E-state index contributed by atoms with van der Waals surface area (Å²) in [4.78, 5) is 16.6. The molecule has 3 rings (SSSR count). The van der Waals surface area contributed by atoms with E-state index in [4.69, 9.17) is 13.6 Å². The molecule has 0 saturated heterocycles. The first kappa shape index (κ1) is 16.1. The molecule has 0 spiro atoms. The predicted octanol–water partition coefficient (Wildman–Crippen LogP) is 3.71. The van der Waals surface area contributed by atoms with E-state index in [0.29, 0.717) is 18.0 Å². The highest BCUT2D eigenvalue weighted by Gasteiger charge is 2.18. The SMILES string of the molecule is Cc1nc(COC(=O)c2cc(C)n(Cc3ccco3)c2C)oc1C.